The molecule has 2 amide bonds. The fourth-order valence-electron chi connectivity index (χ4n) is 5.99. The molecule has 0 radical (unpaired) electrons. The fourth-order valence-corrected chi connectivity index (χ4v) is 6.18. The summed E-state index contributed by atoms with van der Waals surface area (Å²) in [6, 6.07) is 15.2. The summed E-state index contributed by atoms with van der Waals surface area (Å²) in [5, 5.41) is 0.514. The Kier molecular flexibility index (Phi) is 6.67. The molecule has 3 aliphatic rings. The highest BCUT2D eigenvalue weighted by molar-refractivity contribution is 6.31. The van der Waals surface area contributed by atoms with E-state index >= 15 is 4.39 Å². The number of carbonyl (C=O) groups excluding carboxylic acids is 2. The summed E-state index contributed by atoms with van der Waals surface area (Å²) in [6.07, 6.45) is 1.49. The first-order chi connectivity index (χ1) is 18.9. The average Bonchev–Trinajstić information content (AvgIpc) is 3.19. The van der Waals surface area contributed by atoms with Gasteiger partial charge in [0, 0.05) is 48.3 Å². The molecule has 3 aliphatic heterocycles. The number of carbonyl (C=O) groups is 2. The Hall–Kier alpha value is -3.65. The van der Waals surface area contributed by atoms with Crippen molar-refractivity contribution in [2.24, 2.45) is 5.41 Å². The minimum absolute atomic E-state index is 0.112. The van der Waals surface area contributed by atoms with Crippen LogP contribution in [-0.2, 0) is 11.3 Å². The molecule has 9 heteroatoms. The zero-order valence-electron chi connectivity index (χ0n) is 21.2. The van der Waals surface area contributed by atoms with Gasteiger partial charge in [0.05, 0.1) is 24.7 Å². The number of nitrogens with zero attached hydrogens (tertiary/aromatic N) is 2. The van der Waals surface area contributed by atoms with Crippen LogP contribution in [0.5, 0.6) is 11.5 Å². The second-order valence-corrected chi connectivity index (χ2v) is 10.7. The lowest BCUT2D eigenvalue weighted by molar-refractivity contribution is -0.181. The molecule has 202 valence electrons. The van der Waals surface area contributed by atoms with Crippen molar-refractivity contribution >= 4 is 23.4 Å². The van der Waals surface area contributed by atoms with Crippen molar-refractivity contribution in [3.8, 4) is 11.5 Å². The van der Waals surface area contributed by atoms with Crippen LogP contribution in [0.2, 0.25) is 5.02 Å². The molecule has 1 unspecified atom stereocenters. The van der Waals surface area contributed by atoms with Crippen molar-refractivity contribution in [3.05, 3.63) is 94.0 Å². The number of β-lactam (4-membered cyclic amide) rings is 1. The quantitative estimate of drug-likeness (QED) is 0.385. The summed E-state index contributed by atoms with van der Waals surface area (Å²) < 4.78 is 40.3. The summed E-state index contributed by atoms with van der Waals surface area (Å²) in [7, 11) is 0. The summed E-state index contributed by atoms with van der Waals surface area (Å²) in [5.74, 6) is -0.484. The van der Waals surface area contributed by atoms with E-state index in [9.17, 15) is 14.0 Å². The lowest BCUT2D eigenvalue weighted by Gasteiger charge is -2.59. The Morgan fingerprint density at radius 2 is 1.72 bits per heavy atom. The molecule has 1 atom stereocenters. The van der Waals surface area contributed by atoms with E-state index in [1.54, 1.807) is 40.1 Å². The van der Waals surface area contributed by atoms with E-state index in [0.29, 0.717) is 61.2 Å². The van der Waals surface area contributed by atoms with Crippen LogP contribution in [0.3, 0.4) is 0 Å². The van der Waals surface area contributed by atoms with Crippen molar-refractivity contribution in [3.63, 3.8) is 0 Å². The summed E-state index contributed by atoms with van der Waals surface area (Å²) in [5.41, 5.74) is 0.612. The van der Waals surface area contributed by atoms with Crippen LogP contribution < -0.4 is 9.47 Å². The van der Waals surface area contributed by atoms with E-state index in [1.165, 1.54) is 12.1 Å². The van der Waals surface area contributed by atoms with E-state index in [-0.39, 0.29) is 23.9 Å². The predicted molar refractivity (Wildman–Crippen MR) is 141 cm³/mol. The standard InChI is InChI=1S/C30H27ClF2N2O4/c31-23-5-2-1-4-20(23)18-35-27(22-8-7-21(32)17-24(22)33)30(29(35)37)10-12-34(13-11-30)28(36)19-6-9-25-26(16-19)39-15-3-14-38-25/h1-2,4-9,16-17,27H,3,10-15,18H2. The Morgan fingerprint density at radius 1 is 0.974 bits per heavy atom. The topological polar surface area (TPSA) is 59.1 Å². The summed E-state index contributed by atoms with van der Waals surface area (Å²) in [6.45, 7) is 1.95. The molecule has 0 aliphatic carbocycles. The molecule has 0 bridgehead atoms. The van der Waals surface area contributed by atoms with Crippen molar-refractivity contribution in [1.82, 2.24) is 9.80 Å². The third-order valence-electron chi connectivity index (χ3n) is 8.01. The lowest BCUT2D eigenvalue weighted by atomic mass is 9.62. The van der Waals surface area contributed by atoms with Gasteiger partial charge < -0.3 is 19.3 Å². The second kappa shape index (κ2) is 10.2. The highest BCUT2D eigenvalue weighted by Crippen LogP contribution is 2.57. The zero-order chi connectivity index (χ0) is 27.1. The monoisotopic (exact) mass is 552 g/mol. The van der Waals surface area contributed by atoms with E-state index in [2.05, 4.69) is 0 Å². The highest BCUT2D eigenvalue weighted by atomic mass is 35.5. The van der Waals surface area contributed by atoms with Crippen LogP contribution in [0.4, 0.5) is 8.78 Å². The molecule has 2 fully saturated rings. The second-order valence-electron chi connectivity index (χ2n) is 10.3. The van der Waals surface area contributed by atoms with Crippen molar-refractivity contribution in [1.29, 1.82) is 0 Å². The normalized spacial score (nSPS) is 20.0. The minimum atomic E-state index is -0.887. The predicted octanol–water partition coefficient (Wildman–Crippen LogP) is 5.79. The maximum atomic E-state index is 15.1. The number of likely N-dealkylation sites (tertiary alicyclic amines) is 2. The van der Waals surface area contributed by atoms with E-state index in [1.807, 2.05) is 12.1 Å². The van der Waals surface area contributed by atoms with Crippen LogP contribution in [0.25, 0.3) is 0 Å². The maximum absolute atomic E-state index is 15.1. The molecule has 0 N–H and O–H groups in total. The van der Waals surface area contributed by atoms with Crippen LogP contribution in [-0.4, -0.2) is 47.9 Å². The number of benzene rings is 3. The molecule has 3 aromatic carbocycles. The third kappa shape index (κ3) is 4.50. The number of hydrogen-bond donors (Lipinski definition) is 0. The number of ether oxygens (including phenoxy) is 2. The Morgan fingerprint density at radius 3 is 2.46 bits per heavy atom. The van der Waals surface area contributed by atoms with Gasteiger partial charge >= 0.3 is 0 Å². The van der Waals surface area contributed by atoms with Crippen molar-refractivity contribution in [2.45, 2.75) is 31.8 Å². The number of hydrogen-bond acceptors (Lipinski definition) is 4. The third-order valence-corrected chi connectivity index (χ3v) is 8.38. The fraction of sp³-hybridized carbons (Fsp3) is 0.333. The van der Waals surface area contributed by atoms with Crippen LogP contribution in [0.1, 0.15) is 46.8 Å². The first-order valence-corrected chi connectivity index (χ1v) is 13.4. The maximum Gasteiger partial charge on any atom is 0.253 e. The van der Waals surface area contributed by atoms with Gasteiger partial charge in [-0.15, -0.1) is 0 Å². The number of piperidine rings is 1. The molecular formula is C30H27ClF2N2O4. The van der Waals surface area contributed by atoms with Crippen molar-refractivity contribution < 1.29 is 27.8 Å². The molecular weight excluding hydrogens is 526 g/mol. The van der Waals surface area contributed by atoms with Gasteiger partial charge in [-0.05, 0) is 48.7 Å². The number of halogens is 3. The molecule has 1 spiro atoms. The molecule has 0 aromatic heterocycles. The lowest BCUT2D eigenvalue weighted by Crippen LogP contribution is -2.66. The van der Waals surface area contributed by atoms with E-state index in [0.717, 1.165) is 18.1 Å². The van der Waals surface area contributed by atoms with Gasteiger partial charge in [-0.1, -0.05) is 35.9 Å². The molecule has 3 heterocycles. The average molecular weight is 553 g/mol. The van der Waals surface area contributed by atoms with Crippen LogP contribution in [0.15, 0.2) is 60.7 Å². The Bertz CT molecular complexity index is 1440. The molecule has 3 aromatic rings. The summed E-state index contributed by atoms with van der Waals surface area (Å²) in [4.78, 5) is 30.4. The molecule has 6 nitrogen and oxygen atoms in total. The van der Waals surface area contributed by atoms with Gasteiger partial charge in [-0.3, -0.25) is 9.59 Å². The summed E-state index contributed by atoms with van der Waals surface area (Å²) >= 11 is 6.36. The minimum Gasteiger partial charge on any atom is -0.490 e. The number of amides is 2. The SMILES string of the molecule is O=C(c1ccc2c(c1)OCCCO2)N1CCC2(CC1)C(=O)N(Cc1ccccc1Cl)C2c1ccc(F)cc1F. The van der Waals surface area contributed by atoms with Crippen LogP contribution >= 0.6 is 11.6 Å². The van der Waals surface area contributed by atoms with Crippen LogP contribution in [0, 0.1) is 17.0 Å². The number of rotatable bonds is 4. The smallest absolute Gasteiger partial charge is 0.253 e. The highest BCUT2D eigenvalue weighted by Gasteiger charge is 2.62. The first kappa shape index (κ1) is 25.6. The van der Waals surface area contributed by atoms with Gasteiger partial charge in [0.25, 0.3) is 5.91 Å². The largest absolute Gasteiger partial charge is 0.490 e. The van der Waals surface area contributed by atoms with Gasteiger partial charge in [0.1, 0.15) is 11.6 Å². The van der Waals surface area contributed by atoms with E-state index < -0.39 is 23.1 Å². The van der Waals surface area contributed by atoms with Crippen molar-refractivity contribution in [2.75, 3.05) is 26.3 Å². The van der Waals surface area contributed by atoms with E-state index in [4.69, 9.17) is 21.1 Å². The molecule has 6 rings (SSSR count). The van der Waals surface area contributed by atoms with Gasteiger partial charge in [-0.2, -0.15) is 0 Å². The Labute approximate surface area is 230 Å². The van der Waals surface area contributed by atoms with Gasteiger partial charge in [0.2, 0.25) is 5.91 Å². The van der Waals surface area contributed by atoms with Gasteiger partial charge in [0.15, 0.2) is 11.5 Å². The first-order valence-electron chi connectivity index (χ1n) is 13.1. The molecule has 39 heavy (non-hydrogen) atoms. The Balaban J connectivity index is 1.24. The number of fused-ring (bicyclic) bond motifs is 1. The van der Waals surface area contributed by atoms with Gasteiger partial charge in [-0.25, -0.2) is 8.78 Å². The molecule has 0 saturated carbocycles. The zero-order valence-corrected chi connectivity index (χ0v) is 21.9. The molecule has 2 saturated heterocycles.